The van der Waals surface area contributed by atoms with Crippen LogP contribution in [0, 0.1) is 13.8 Å². The zero-order chi connectivity index (χ0) is 17.8. The minimum absolute atomic E-state index is 0.166. The van der Waals surface area contributed by atoms with Crippen LogP contribution < -0.4 is 0 Å². The van der Waals surface area contributed by atoms with E-state index in [1.807, 2.05) is 60.4 Å². The van der Waals surface area contributed by atoms with Crippen molar-refractivity contribution < 1.29 is 4.79 Å². The number of aryl methyl sites for hydroxylation is 2. The van der Waals surface area contributed by atoms with Gasteiger partial charge >= 0.3 is 0 Å². The Bertz CT molecular complexity index is 837. The molecule has 3 rings (SSSR count). The molecule has 0 unspecified atom stereocenters. The highest BCUT2D eigenvalue weighted by molar-refractivity contribution is 7.09. The Morgan fingerprint density at radius 1 is 1.16 bits per heavy atom. The van der Waals surface area contributed by atoms with Gasteiger partial charge in [-0.05, 0) is 43.8 Å². The van der Waals surface area contributed by atoms with E-state index in [2.05, 4.69) is 18.1 Å². The molecule has 5 heteroatoms. The molecule has 4 nitrogen and oxygen atoms in total. The number of aromatic nitrogens is 2. The maximum Gasteiger partial charge on any atom is 0.222 e. The number of amides is 1. The minimum Gasteiger partial charge on any atom is -0.341 e. The van der Waals surface area contributed by atoms with E-state index in [9.17, 15) is 4.79 Å². The van der Waals surface area contributed by atoms with Crippen LogP contribution in [0.1, 0.15) is 28.2 Å². The van der Waals surface area contributed by atoms with Gasteiger partial charge in [0, 0.05) is 36.1 Å². The molecule has 0 spiro atoms. The molecule has 0 saturated carbocycles. The largest absolute Gasteiger partial charge is 0.341 e. The summed E-state index contributed by atoms with van der Waals surface area (Å²) in [7, 11) is 1.87. The fourth-order valence-electron chi connectivity index (χ4n) is 2.93. The van der Waals surface area contributed by atoms with Gasteiger partial charge in [-0.1, -0.05) is 24.3 Å². The Labute approximate surface area is 152 Å². The summed E-state index contributed by atoms with van der Waals surface area (Å²) in [5.41, 5.74) is 4.22. The SMILES string of the molecule is Cc1nn(-c2ccccc2)c(C)c1CN(C)C(=O)CCc1cccs1. The molecule has 3 aromatic rings. The Hall–Kier alpha value is -2.40. The van der Waals surface area contributed by atoms with Crippen LogP contribution in [-0.2, 0) is 17.8 Å². The molecule has 130 valence electrons. The summed E-state index contributed by atoms with van der Waals surface area (Å²) in [6.45, 7) is 4.66. The van der Waals surface area contributed by atoms with Crippen LogP contribution in [0.4, 0.5) is 0 Å². The molecular formula is C20H23N3OS. The maximum absolute atomic E-state index is 12.4. The highest BCUT2D eigenvalue weighted by Gasteiger charge is 2.17. The molecule has 1 aromatic carbocycles. The van der Waals surface area contributed by atoms with E-state index < -0.39 is 0 Å². The second-order valence-electron chi connectivity index (χ2n) is 6.23. The lowest BCUT2D eigenvalue weighted by Gasteiger charge is -2.17. The van der Waals surface area contributed by atoms with Crippen LogP contribution >= 0.6 is 11.3 Å². The monoisotopic (exact) mass is 353 g/mol. The number of nitrogens with zero attached hydrogens (tertiary/aromatic N) is 3. The van der Waals surface area contributed by atoms with Gasteiger partial charge < -0.3 is 4.90 Å². The van der Waals surface area contributed by atoms with Gasteiger partial charge in [0.25, 0.3) is 0 Å². The molecule has 0 radical (unpaired) electrons. The zero-order valence-electron chi connectivity index (χ0n) is 14.9. The smallest absolute Gasteiger partial charge is 0.222 e. The summed E-state index contributed by atoms with van der Waals surface area (Å²) in [4.78, 5) is 15.5. The average Bonchev–Trinajstić information content (AvgIpc) is 3.24. The number of benzene rings is 1. The van der Waals surface area contributed by atoms with Crippen molar-refractivity contribution in [1.82, 2.24) is 14.7 Å². The van der Waals surface area contributed by atoms with Crippen LogP contribution in [0.3, 0.4) is 0 Å². The lowest BCUT2D eigenvalue weighted by atomic mass is 10.1. The summed E-state index contributed by atoms with van der Waals surface area (Å²) in [5.74, 6) is 0.166. The maximum atomic E-state index is 12.4. The summed E-state index contributed by atoms with van der Waals surface area (Å²) < 4.78 is 1.95. The average molecular weight is 353 g/mol. The van der Waals surface area contributed by atoms with Crippen molar-refractivity contribution in [2.24, 2.45) is 0 Å². The van der Waals surface area contributed by atoms with Gasteiger partial charge in [-0.2, -0.15) is 5.10 Å². The molecule has 0 bridgehead atoms. The van der Waals surface area contributed by atoms with Gasteiger partial charge in [0.15, 0.2) is 0 Å². The van der Waals surface area contributed by atoms with Gasteiger partial charge in [-0.25, -0.2) is 4.68 Å². The minimum atomic E-state index is 0.166. The molecule has 25 heavy (non-hydrogen) atoms. The van der Waals surface area contributed by atoms with Crippen molar-refractivity contribution in [3.05, 3.63) is 69.7 Å². The predicted molar refractivity (Wildman–Crippen MR) is 102 cm³/mol. The number of thiophene rings is 1. The van der Waals surface area contributed by atoms with E-state index in [0.29, 0.717) is 13.0 Å². The molecule has 2 heterocycles. The van der Waals surface area contributed by atoms with Crippen molar-refractivity contribution in [3.8, 4) is 5.69 Å². The highest BCUT2D eigenvalue weighted by atomic mass is 32.1. The molecule has 0 aliphatic rings. The van der Waals surface area contributed by atoms with E-state index in [4.69, 9.17) is 0 Å². The van der Waals surface area contributed by atoms with Crippen LogP contribution in [0.5, 0.6) is 0 Å². The lowest BCUT2D eigenvalue weighted by Crippen LogP contribution is -2.26. The Morgan fingerprint density at radius 3 is 2.60 bits per heavy atom. The van der Waals surface area contributed by atoms with E-state index in [1.165, 1.54) is 4.88 Å². The van der Waals surface area contributed by atoms with Gasteiger partial charge in [0.05, 0.1) is 11.4 Å². The predicted octanol–water partition coefficient (Wildman–Crippen LogP) is 4.14. The van der Waals surface area contributed by atoms with Crippen molar-refractivity contribution in [2.75, 3.05) is 7.05 Å². The molecule has 0 saturated heterocycles. The Balaban J connectivity index is 1.70. The Kier molecular flexibility index (Phi) is 5.34. The van der Waals surface area contributed by atoms with Gasteiger partial charge in [0.2, 0.25) is 5.91 Å². The van der Waals surface area contributed by atoms with Gasteiger partial charge in [-0.3, -0.25) is 4.79 Å². The van der Waals surface area contributed by atoms with E-state index in [0.717, 1.165) is 29.1 Å². The second kappa shape index (κ2) is 7.66. The third-order valence-electron chi connectivity index (χ3n) is 4.43. The van der Waals surface area contributed by atoms with Crippen LogP contribution in [0.2, 0.25) is 0 Å². The van der Waals surface area contributed by atoms with Crippen molar-refractivity contribution in [1.29, 1.82) is 0 Å². The first-order chi connectivity index (χ1) is 12.1. The number of hydrogen-bond acceptors (Lipinski definition) is 3. The third-order valence-corrected chi connectivity index (χ3v) is 5.36. The third kappa shape index (κ3) is 3.99. The molecule has 2 aromatic heterocycles. The van der Waals surface area contributed by atoms with E-state index >= 15 is 0 Å². The quantitative estimate of drug-likeness (QED) is 0.668. The number of para-hydroxylation sites is 1. The topological polar surface area (TPSA) is 38.1 Å². The lowest BCUT2D eigenvalue weighted by molar-refractivity contribution is -0.130. The first kappa shape index (κ1) is 17.4. The zero-order valence-corrected chi connectivity index (χ0v) is 15.7. The van der Waals surface area contributed by atoms with Crippen LogP contribution in [0.25, 0.3) is 5.69 Å². The summed E-state index contributed by atoms with van der Waals surface area (Å²) in [6, 6.07) is 14.2. The molecular weight excluding hydrogens is 330 g/mol. The fourth-order valence-corrected chi connectivity index (χ4v) is 3.63. The normalized spacial score (nSPS) is 10.8. The standard InChI is InChI=1S/C20H23N3OS/c1-15-19(16(2)23(21-15)17-8-5-4-6-9-17)14-22(3)20(24)12-11-18-10-7-13-25-18/h4-10,13H,11-12,14H2,1-3H3. The molecule has 0 fully saturated rings. The molecule has 0 aliphatic heterocycles. The van der Waals surface area contributed by atoms with Crippen molar-refractivity contribution >= 4 is 17.2 Å². The highest BCUT2D eigenvalue weighted by Crippen LogP contribution is 2.20. The van der Waals surface area contributed by atoms with E-state index in [-0.39, 0.29) is 5.91 Å². The second-order valence-corrected chi connectivity index (χ2v) is 7.26. The van der Waals surface area contributed by atoms with Crippen LogP contribution in [0.15, 0.2) is 47.8 Å². The summed E-state index contributed by atoms with van der Waals surface area (Å²) in [5, 5.41) is 6.71. The fraction of sp³-hybridized carbons (Fsp3) is 0.300. The molecule has 1 amide bonds. The summed E-state index contributed by atoms with van der Waals surface area (Å²) in [6.07, 6.45) is 1.35. The summed E-state index contributed by atoms with van der Waals surface area (Å²) >= 11 is 1.70. The molecule has 0 N–H and O–H groups in total. The first-order valence-corrected chi connectivity index (χ1v) is 9.31. The Morgan fingerprint density at radius 2 is 1.92 bits per heavy atom. The van der Waals surface area contributed by atoms with Crippen LogP contribution in [-0.4, -0.2) is 27.6 Å². The number of hydrogen-bond donors (Lipinski definition) is 0. The van der Waals surface area contributed by atoms with Gasteiger partial charge in [0.1, 0.15) is 0 Å². The first-order valence-electron chi connectivity index (χ1n) is 8.43. The van der Waals surface area contributed by atoms with E-state index in [1.54, 1.807) is 16.2 Å². The number of carbonyl (C=O) groups excluding carboxylic acids is 1. The number of rotatable bonds is 6. The molecule has 0 aliphatic carbocycles. The van der Waals surface area contributed by atoms with Gasteiger partial charge in [-0.15, -0.1) is 11.3 Å². The van der Waals surface area contributed by atoms with Crippen molar-refractivity contribution in [2.45, 2.75) is 33.2 Å². The number of carbonyl (C=O) groups is 1. The molecule has 0 atom stereocenters. The van der Waals surface area contributed by atoms with Crippen molar-refractivity contribution in [3.63, 3.8) is 0 Å².